The molecule has 0 spiro atoms. The van der Waals surface area contributed by atoms with Crippen LogP contribution < -0.4 is 0 Å². The lowest BCUT2D eigenvalue weighted by molar-refractivity contribution is 0.0886. The van der Waals surface area contributed by atoms with Gasteiger partial charge in [0.25, 0.3) is 0 Å². The third-order valence-electron chi connectivity index (χ3n) is 4.23. The minimum atomic E-state index is -1.06. The molecule has 0 amide bonds. The van der Waals surface area contributed by atoms with Crippen LogP contribution in [-0.4, -0.2) is 21.7 Å². The fourth-order valence-corrected chi connectivity index (χ4v) is 3.10. The van der Waals surface area contributed by atoms with E-state index < -0.39 is 5.92 Å². The van der Waals surface area contributed by atoms with Crippen LogP contribution in [0, 0.1) is 6.92 Å². The van der Waals surface area contributed by atoms with Crippen LogP contribution in [0.5, 0.6) is 5.75 Å². The Hall–Kier alpha value is -3.01. The number of benzene rings is 2. The van der Waals surface area contributed by atoms with E-state index in [0.29, 0.717) is 16.6 Å². The third kappa shape index (κ3) is 1.95. The monoisotopic (exact) mass is 303 g/mol. The van der Waals surface area contributed by atoms with E-state index in [9.17, 15) is 14.7 Å². The molecule has 1 aliphatic rings. The number of ketones is 2. The van der Waals surface area contributed by atoms with Crippen LogP contribution in [0.1, 0.15) is 37.9 Å². The summed E-state index contributed by atoms with van der Waals surface area (Å²) in [4.78, 5) is 29.5. The first-order valence-corrected chi connectivity index (χ1v) is 7.34. The number of rotatable bonds is 1. The van der Waals surface area contributed by atoms with Crippen molar-refractivity contribution >= 4 is 22.5 Å². The quantitative estimate of drug-likeness (QED) is 0.700. The maximum Gasteiger partial charge on any atom is 0.180 e. The number of aromatic nitrogens is 1. The van der Waals surface area contributed by atoms with Gasteiger partial charge in [0.15, 0.2) is 11.6 Å². The first-order valence-electron chi connectivity index (χ1n) is 7.34. The summed E-state index contributed by atoms with van der Waals surface area (Å²) in [7, 11) is 0. The molecule has 0 radical (unpaired) electrons. The molecule has 23 heavy (non-hydrogen) atoms. The molecule has 1 heterocycles. The SMILES string of the molecule is Cc1ccc2nc(C3C(=O)c4ccccc4C3=O)c(O)cc2c1. The minimum absolute atomic E-state index is 0.123. The number of aromatic hydroxyl groups is 1. The highest BCUT2D eigenvalue weighted by Crippen LogP contribution is 2.37. The average molecular weight is 303 g/mol. The van der Waals surface area contributed by atoms with Gasteiger partial charge >= 0.3 is 0 Å². The summed E-state index contributed by atoms with van der Waals surface area (Å²) in [6.07, 6.45) is 0. The zero-order chi connectivity index (χ0) is 16.1. The van der Waals surface area contributed by atoms with Crippen LogP contribution in [0.4, 0.5) is 0 Å². The number of fused-ring (bicyclic) bond motifs is 2. The van der Waals surface area contributed by atoms with Crippen molar-refractivity contribution in [2.75, 3.05) is 0 Å². The van der Waals surface area contributed by atoms with E-state index in [0.717, 1.165) is 10.9 Å². The molecule has 1 aliphatic carbocycles. The Morgan fingerprint density at radius 2 is 1.61 bits per heavy atom. The molecule has 1 aromatic heterocycles. The van der Waals surface area contributed by atoms with Gasteiger partial charge < -0.3 is 5.11 Å². The van der Waals surface area contributed by atoms with Gasteiger partial charge in [0.05, 0.1) is 5.52 Å². The number of nitrogens with zero attached hydrogens (tertiary/aromatic N) is 1. The van der Waals surface area contributed by atoms with Gasteiger partial charge in [0.1, 0.15) is 17.4 Å². The van der Waals surface area contributed by atoms with Crippen molar-refractivity contribution in [3.05, 3.63) is 70.9 Å². The molecule has 0 aliphatic heterocycles. The summed E-state index contributed by atoms with van der Waals surface area (Å²) in [6, 6.07) is 13.9. The largest absolute Gasteiger partial charge is 0.506 e. The zero-order valence-electron chi connectivity index (χ0n) is 12.4. The van der Waals surface area contributed by atoms with E-state index in [4.69, 9.17) is 0 Å². The Morgan fingerprint density at radius 1 is 0.957 bits per heavy atom. The third-order valence-corrected chi connectivity index (χ3v) is 4.23. The zero-order valence-corrected chi connectivity index (χ0v) is 12.4. The molecule has 0 saturated carbocycles. The molecule has 0 bridgehead atoms. The summed E-state index contributed by atoms with van der Waals surface area (Å²) in [6.45, 7) is 1.95. The van der Waals surface area contributed by atoms with E-state index in [-0.39, 0.29) is 23.0 Å². The Bertz CT molecular complexity index is 956. The van der Waals surface area contributed by atoms with E-state index in [1.165, 1.54) is 0 Å². The van der Waals surface area contributed by atoms with Gasteiger partial charge in [-0.15, -0.1) is 0 Å². The Morgan fingerprint density at radius 3 is 2.26 bits per heavy atom. The van der Waals surface area contributed by atoms with E-state index in [1.807, 2.05) is 25.1 Å². The van der Waals surface area contributed by atoms with Crippen molar-refractivity contribution in [2.24, 2.45) is 0 Å². The lowest BCUT2D eigenvalue weighted by Gasteiger charge is -2.10. The topological polar surface area (TPSA) is 67.3 Å². The van der Waals surface area contributed by atoms with Crippen LogP contribution in [0.2, 0.25) is 0 Å². The van der Waals surface area contributed by atoms with E-state index in [2.05, 4.69) is 4.98 Å². The number of hydrogen-bond donors (Lipinski definition) is 1. The fraction of sp³-hybridized carbons (Fsp3) is 0.105. The molecule has 0 saturated heterocycles. The second-order valence-corrected chi connectivity index (χ2v) is 5.80. The highest BCUT2D eigenvalue weighted by molar-refractivity contribution is 6.29. The van der Waals surface area contributed by atoms with Crippen molar-refractivity contribution in [3.63, 3.8) is 0 Å². The molecule has 4 rings (SSSR count). The van der Waals surface area contributed by atoms with Crippen LogP contribution in [-0.2, 0) is 0 Å². The maximum absolute atomic E-state index is 12.6. The number of Topliss-reactive ketones (excluding diaryl/α,β-unsaturated/α-hetero) is 2. The molecule has 4 nitrogen and oxygen atoms in total. The van der Waals surface area contributed by atoms with E-state index >= 15 is 0 Å². The number of carbonyl (C=O) groups excluding carboxylic acids is 2. The fourth-order valence-electron chi connectivity index (χ4n) is 3.10. The summed E-state index contributed by atoms with van der Waals surface area (Å²) in [5.74, 6) is -1.79. The van der Waals surface area contributed by atoms with Gasteiger partial charge in [-0.1, -0.05) is 35.9 Å². The summed E-state index contributed by atoms with van der Waals surface area (Å²) in [5.41, 5.74) is 2.62. The molecule has 3 aromatic rings. The molecule has 112 valence electrons. The van der Waals surface area contributed by atoms with Crippen LogP contribution in [0.15, 0.2) is 48.5 Å². The van der Waals surface area contributed by atoms with Crippen LogP contribution >= 0.6 is 0 Å². The van der Waals surface area contributed by atoms with Gasteiger partial charge in [-0.05, 0) is 25.1 Å². The molecular weight excluding hydrogens is 290 g/mol. The van der Waals surface area contributed by atoms with Crippen LogP contribution in [0.25, 0.3) is 10.9 Å². The smallest absolute Gasteiger partial charge is 0.180 e. The highest BCUT2D eigenvalue weighted by atomic mass is 16.3. The van der Waals surface area contributed by atoms with Crippen molar-refractivity contribution < 1.29 is 14.7 Å². The van der Waals surface area contributed by atoms with Gasteiger partial charge in [-0.25, -0.2) is 4.98 Å². The summed E-state index contributed by atoms with van der Waals surface area (Å²) >= 11 is 0. The molecule has 0 unspecified atom stereocenters. The second kappa shape index (κ2) is 4.74. The number of aryl methyl sites for hydroxylation is 1. The lowest BCUT2D eigenvalue weighted by Crippen LogP contribution is -2.14. The van der Waals surface area contributed by atoms with Crippen molar-refractivity contribution in [1.29, 1.82) is 0 Å². The first-order chi connectivity index (χ1) is 11.1. The molecule has 1 N–H and O–H groups in total. The van der Waals surface area contributed by atoms with Crippen molar-refractivity contribution in [1.82, 2.24) is 4.98 Å². The predicted octanol–water partition coefficient (Wildman–Crippen LogP) is 3.41. The van der Waals surface area contributed by atoms with Gasteiger partial charge in [-0.3, -0.25) is 9.59 Å². The second-order valence-electron chi connectivity index (χ2n) is 5.80. The number of pyridine rings is 1. The predicted molar refractivity (Wildman–Crippen MR) is 86.0 cm³/mol. The molecule has 2 aromatic carbocycles. The minimum Gasteiger partial charge on any atom is -0.506 e. The Kier molecular flexibility index (Phi) is 2.81. The lowest BCUT2D eigenvalue weighted by atomic mass is 9.97. The Labute approximate surface area is 132 Å². The van der Waals surface area contributed by atoms with Gasteiger partial charge in [-0.2, -0.15) is 0 Å². The number of carbonyl (C=O) groups is 2. The molecular formula is C19H13NO3. The van der Waals surface area contributed by atoms with Gasteiger partial charge in [0.2, 0.25) is 0 Å². The highest BCUT2D eigenvalue weighted by Gasteiger charge is 2.41. The van der Waals surface area contributed by atoms with Crippen LogP contribution in [0.3, 0.4) is 0 Å². The molecule has 4 heteroatoms. The first kappa shape index (κ1) is 13.6. The van der Waals surface area contributed by atoms with Crippen molar-refractivity contribution in [2.45, 2.75) is 12.8 Å². The Balaban J connectivity index is 1.90. The van der Waals surface area contributed by atoms with Crippen molar-refractivity contribution in [3.8, 4) is 5.75 Å². The molecule has 0 fully saturated rings. The summed E-state index contributed by atoms with van der Waals surface area (Å²) < 4.78 is 0. The maximum atomic E-state index is 12.6. The van der Waals surface area contributed by atoms with E-state index in [1.54, 1.807) is 30.3 Å². The normalized spacial score (nSPS) is 14.5. The average Bonchev–Trinajstić information content (AvgIpc) is 2.79. The standard InChI is InChI=1S/C19H13NO3/c1-10-6-7-14-11(8-10)9-15(21)17(20-14)16-18(22)12-4-2-3-5-13(12)19(16)23/h2-9,16,21H,1H3. The van der Waals surface area contributed by atoms with Gasteiger partial charge in [0, 0.05) is 16.5 Å². The number of hydrogen-bond acceptors (Lipinski definition) is 4. The molecule has 0 atom stereocenters. The summed E-state index contributed by atoms with van der Waals surface area (Å²) in [5, 5.41) is 11.1.